The Kier molecular flexibility index (Phi) is 15.3. The number of nitrogens with zero attached hydrogens (tertiary/aromatic N) is 3. The van der Waals surface area contributed by atoms with Gasteiger partial charge in [0.1, 0.15) is 11.4 Å². The lowest BCUT2D eigenvalue weighted by Gasteiger charge is -2.22. The molecule has 0 radical (unpaired) electrons. The predicted octanol–water partition coefficient (Wildman–Crippen LogP) is 3.45. The molecule has 9 nitrogen and oxygen atoms in total. The van der Waals surface area contributed by atoms with Gasteiger partial charge in [-0.15, -0.1) is 0 Å². The van der Waals surface area contributed by atoms with Crippen LogP contribution in [0.15, 0.2) is 5.11 Å². The van der Waals surface area contributed by atoms with Crippen LogP contribution >= 0.6 is 0 Å². The second-order valence-corrected chi connectivity index (χ2v) is 7.41. The molecule has 0 bridgehead atoms. The number of hydrogen-bond donors (Lipinski definition) is 0. The summed E-state index contributed by atoms with van der Waals surface area (Å²) in [5, 5.41) is 3.35. The van der Waals surface area contributed by atoms with Gasteiger partial charge in [-0.1, -0.05) is 12.0 Å². The molecule has 0 aromatic carbocycles. The van der Waals surface area contributed by atoms with Gasteiger partial charge >= 0.3 is 5.97 Å². The summed E-state index contributed by atoms with van der Waals surface area (Å²) in [4.78, 5) is 26.4. The lowest BCUT2D eigenvalue weighted by molar-refractivity contribution is -0.159. The largest absolute Gasteiger partial charge is 0.460 e. The van der Waals surface area contributed by atoms with Gasteiger partial charge in [-0.05, 0) is 39.1 Å². The number of esters is 1. The van der Waals surface area contributed by atoms with E-state index in [9.17, 15) is 9.59 Å². The molecular formula is C19H35N3O6. The fourth-order valence-corrected chi connectivity index (χ4v) is 2.09. The van der Waals surface area contributed by atoms with Crippen LogP contribution in [0.1, 0.15) is 53.4 Å². The number of hydrogen-bond acceptors (Lipinski definition) is 7. The maximum absolute atomic E-state index is 11.9. The minimum atomic E-state index is -0.503. The number of carbonyl (C=O) groups is 2. The Hall–Kier alpha value is -1.67. The molecule has 0 aliphatic carbocycles. The van der Waals surface area contributed by atoms with Crippen molar-refractivity contribution >= 4 is 11.8 Å². The van der Waals surface area contributed by atoms with Crippen molar-refractivity contribution in [1.29, 1.82) is 0 Å². The number of Topliss-reactive ketones (excluding diaryl/α,β-unsaturated/α-hetero) is 1. The van der Waals surface area contributed by atoms with Crippen molar-refractivity contribution in [3.8, 4) is 0 Å². The lowest BCUT2D eigenvalue weighted by atomic mass is 10.0. The molecule has 0 aliphatic rings. The summed E-state index contributed by atoms with van der Waals surface area (Å²) >= 11 is 0. The first-order valence-corrected chi connectivity index (χ1v) is 9.75. The Bertz CT molecular complexity index is 487. The van der Waals surface area contributed by atoms with Crippen molar-refractivity contribution in [2.24, 2.45) is 11.0 Å². The van der Waals surface area contributed by atoms with E-state index in [2.05, 4.69) is 10.0 Å². The van der Waals surface area contributed by atoms with Crippen molar-refractivity contribution < 1.29 is 28.5 Å². The standard InChI is InChI=1S/C19H35N3O6/c1-16(18(24)28-19(2,3)4)7-8-17(23)6-5-10-25-12-14-27-15-13-26-11-9-21-22-20/h16H,5-15H2,1-4H3/t16-/m0/s1. The molecule has 0 fully saturated rings. The van der Waals surface area contributed by atoms with Gasteiger partial charge in [0.2, 0.25) is 0 Å². The smallest absolute Gasteiger partial charge is 0.309 e. The monoisotopic (exact) mass is 401 g/mol. The van der Waals surface area contributed by atoms with Crippen molar-refractivity contribution in [1.82, 2.24) is 0 Å². The van der Waals surface area contributed by atoms with Crippen molar-refractivity contribution in [2.45, 2.75) is 59.0 Å². The maximum atomic E-state index is 11.9. The van der Waals surface area contributed by atoms with Crippen LogP contribution in [0.3, 0.4) is 0 Å². The highest BCUT2D eigenvalue weighted by molar-refractivity contribution is 5.79. The van der Waals surface area contributed by atoms with Gasteiger partial charge in [-0.2, -0.15) is 0 Å². The minimum Gasteiger partial charge on any atom is -0.460 e. The molecule has 0 heterocycles. The maximum Gasteiger partial charge on any atom is 0.309 e. The molecule has 0 N–H and O–H groups in total. The molecule has 0 amide bonds. The first kappa shape index (κ1) is 26.3. The van der Waals surface area contributed by atoms with E-state index in [1.807, 2.05) is 20.8 Å². The molecule has 0 saturated carbocycles. The van der Waals surface area contributed by atoms with E-state index in [-0.39, 0.29) is 17.7 Å². The van der Waals surface area contributed by atoms with Crippen LogP contribution in [0.2, 0.25) is 0 Å². The van der Waals surface area contributed by atoms with Crippen LogP contribution in [0.4, 0.5) is 0 Å². The summed E-state index contributed by atoms with van der Waals surface area (Å²) in [6.45, 7) is 10.3. The minimum absolute atomic E-state index is 0.133. The van der Waals surface area contributed by atoms with Crippen LogP contribution in [0.5, 0.6) is 0 Å². The predicted molar refractivity (Wildman–Crippen MR) is 105 cm³/mol. The van der Waals surface area contributed by atoms with Gasteiger partial charge in [-0.3, -0.25) is 9.59 Å². The zero-order valence-electron chi connectivity index (χ0n) is 17.6. The molecule has 1 atom stereocenters. The molecule has 28 heavy (non-hydrogen) atoms. The Morgan fingerprint density at radius 1 is 0.964 bits per heavy atom. The SMILES string of the molecule is C[C@@H](CCC(=O)CCCOCCOCCOCCN=[N+]=[N-])C(=O)OC(C)(C)C. The van der Waals surface area contributed by atoms with Crippen LogP contribution in [0.25, 0.3) is 10.4 Å². The van der Waals surface area contributed by atoms with E-state index in [4.69, 9.17) is 24.5 Å². The van der Waals surface area contributed by atoms with E-state index in [0.29, 0.717) is 71.9 Å². The third-order valence-electron chi connectivity index (χ3n) is 3.55. The number of ether oxygens (including phenoxy) is 4. The zero-order chi connectivity index (χ0) is 21.3. The molecule has 0 aromatic rings. The highest BCUT2D eigenvalue weighted by Gasteiger charge is 2.22. The molecule has 162 valence electrons. The average molecular weight is 402 g/mol. The third-order valence-corrected chi connectivity index (χ3v) is 3.55. The van der Waals surface area contributed by atoms with Gasteiger partial charge in [-0.25, -0.2) is 0 Å². The molecule has 0 unspecified atom stereocenters. The fraction of sp³-hybridized carbons (Fsp3) is 0.895. The summed E-state index contributed by atoms with van der Waals surface area (Å²) in [6.07, 6.45) is 1.99. The van der Waals surface area contributed by atoms with E-state index >= 15 is 0 Å². The van der Waals surface area contributed by atoms with Crippen LogP contribution < -0.4 is 0 Å². The number of ketones is 1. The normalized spacial score (nSPS) is 12.3. The van der Waals surface area contributed by atoms with E-state index in [1.165, 1.54) is 0 Å². The van der Waals surface area contributed by atoms with Gasteiger partial charge in [0.05, 0.1) is 39.0 Å². The number of rotatable bonds is 17. The van der Waals surface area contributed by atoms with Gasteiger partial charge in [0.15, 0.2) is 0 Å². The summed E-state index contributed by atoms with van der Waals surface area (Å²) in [6, 6.07) is 0. The van der Waals surface area contributed by atoms with Crippen LogP contribution in [-0.2, 0) is 28.5 Å². The number of carbonyl (C=O) groups excluding carboxylic acids is 2. The van der Waals surface area contributed by atoms with Gasteiger partial charge < -0.3 is 18.9 Å². The van der Waals surface area contributed by atoms with Crippen LogP contribution in [0, 0.1) is 5.92 Å². The Labute approximate surface area is 167 Å². The molecule has 0 aliphatic heterocycles. The first-order valence-electron chi connectivity index (χ1n) is 9.75. The van der Waals surface area contributed by atoms with E-state index < -0.39 is 5.60 Å². The Morgan fingerprint density at radius 3 is 2.11 bits per heavy atom. The Morgan fingerprint density at radius 2 is 1.54 bits per heavy atom. The number of azide groups is 1. The summed E-state index contributed by atoms with van der Waals surface area (Å²) in [5.41, 5.74) is 7.59. The van der Waals surface area contributed by atoms with Gasteiger partial charge in [0.25, 0.3) is 0 Å². The molecule has 0 rings (SSSR count). The lowest BCUT2D eigenvalue weighted by Crippen LogP contribution is -2.27. The van der Waals surface area contributed by atoms with E-state index in [0.717, 1.165) is 0 Å². The van der Waals surface area contributed by atoms with Crippen molar-refractivity contribution in [2.75, 3.05) is 46.2 Å². The summed E-state index contributed by atoms with van der Waals surface area (Å²) < 4.78 is 21.2. The quantitative estimate of drug-likeness (QED) is 0.121. The Balaban J connectivity index is 3.48. The second-order valence-electron chi connectivity index (χ2n) is 7.41. The van der Waals surface area contributed by atoms with E-state index in [1.54, 1.807) is 6.92 Å². The summed E-state index contributed by atoms with van der Waals surface area (Å²) in [5.74, 6) is -0.405. The topological polar surface area (TPSA) is 120 Å². The van der Waals surface area contributed by atoms with Crippen molar-refractivity contribution in [3.05, 3.63) is 10.4 Å². The second kappa shape index (κ2) is 16.3. The highest BCUT2D eigenvalue weighted by Crippen LogP contribution is 2.15. The first-order chi connectivity index (χ1) is 13.3. The highest BCUT2D eigenvalue weighted by atomic mass is 16.6. The average Bonchev–Trinajstić information content (AvgIpc) is 2.62. The molecule has 0 spiro atoms. The molecule has 0 saturated heterocycles. The van der Waals surface area contributed by atoms with Gasteiger partial charge in [0, 0.05) is 30.9 Å². The molecule has 0 aromatic heterocycles. The van der Waals surface area contributed by atoms with Crippen molar-refractivity contribution in [3.63, 3.8) is 0 Å². The third kappa shape index (κ3) is 17.7. The summed E-state index contributed by atoms with van der Waals surface area (Å²) in [7, 11) is 0. The van der Waals surface area contributed by atoms with Crippen LogP contribution in [-0.4, -0.2) is 63.5 Å². The zero-order valence-corrected chi connectivity index (χ0v) is 17.6. The molecular weight excluding hydrogens is 366 g/mol. The fourth-order valence-electron chi connectivity index (χ4n) is 2.09. The molecule has 9 heteroatoms.